The van der Waals surface area contributed by atoms with E-state index in [0.717, 1.165) is 148 Å². The lowest BCUT2D eigenvalue weighted by Crippen LogP contribution is -2.30. The maximum Gasteiger partial charge on any atom is 0.472 e. The number of hydrogen-bond donors (Lipinski definition) is 3. The smallest absolute Gasteiger partial charge is 0.462 e. The number of aliphatic hydroxyl groups is 1. The summed E-state index contributed by atoms with van der Waals surface area (Å²) >= 11 is 0. The van der Waals surface area contributed by atoms with Gasteiger partial charge in [-0.25, -0.2) is 9.13 Å². The molecule has 588 valence electrons. The zero-order valence-electron chi connectivity index (χ0n) is 64.1. The van der Waals surface area contributed by atoms with Gasteiger partial charge in [-0.3, -0.25) is 37.3 Å². The number of carbonyl (C=O) groups is 4. The standard InChI is InChI=1S/C85H136O17P2/c1-5-9-13-17-21-25-29-33-37-38-39-40-44-46-50-54-58-62-66-70-83(88)96-76-81(102-85(90)72-68-64-60-56-52-48-43-36-32-28-24-20-16-12-8-4)78-100-104(93,94)98-74-79(86)73-97-103(91,92)99-77-80(101-84(89)71-67-63-59-55-51-47-42-35-31-27-23-19-15-11-7-3)75-95-82(87)69-65-61-57-53-49-45-41-34-30-26-22-18-14-10-6-2/h9,12-13,16,21-28,33-37,39-43,46,50,52,56,58,62,64,68,79-81,86H,5-8,10-11,14-15,17-20,29-32,38,44-45,47-49,51,53-55,57,59-61,63,65-67,69-78H2,1-4H3,(H,91,92)(H,93,94)/b13-9-,16-12-,25-21-,26-22-,27-23-,28-24-,37-33-,40-39-,41-34-,42-35-,43-36-,50-46-,56-52-,62-58-,68-64-. The van der Waals surface area contributed by atoms with Crippen LogP contribution in [0.15, 0.2) is 182 Å². The van der Waals surface area contributed by atoms with Gasteiger partial charge in [0, 0.05) is 19.3 Å². The van der Waals surface area contributed by atoms with Crippen LogP contribution in [0.25, 0.3) is 0 Å². The molecule has 17 nitrogen and oxygen atoms in total. The second-order valence-corrected chi connectivity index (χ2v) is 28.1. The molecule has 0 aromatic carbocycles. The molecule has 0 fully saturated rings. The van der Waals surface area contributed by atoms with E-state index in [-0.39, 0.29) is 25.7 Å². The van der Waals surface area contributed by atoms with Crippen molar-refractivity contribution in [2.24, 2.45) is 0 Å². The first-order valence-electron chi connectivity index (χ1n) is 39.0. The first-order chi connectivity index (χ1) is 50.7. The van der Waals surface area contributed by atoms with Gasteiger partial charge in [-0.05, 0) is 154 Å². The summed E-state index contributed by atoms with van der Waals surface area (Å²) in [6, 6.07) is 0. The Morgan fingerprint density at radius 3 is 0.913 bits per heavy atom. The van der Waals surface area contributed by atoms with Gasteiger partial charge in [0.15, 0.2) is 12.2 Å². The van der Waals surface area contributed by atoms with Crippen molar-refractivity contribution in [1.82, 2.24) is 0 Å². The Kier molecular flexibility index (Phi) is 71.2. The third-order valence-electron chi connectivity index (χ3n) is 15.4. The van der Waals surface area contributed by atoms with Crippen LogP contribution in [-0.2, 0) is 65.4 Å². The molecule has 5 atom stereocenters. The molecule has 0 aliphatic carbocycles. The molecule has 19 heteroatoms. The minimum Gasteiger partial charge on any atom is -0.462 e. The Hall–Kier alpha value is -5.84. The number of allylic oxidation sites excluding steroid dienone is 29. The fourth-order valence-corrected chi connectivity index (χ4v) is 11.1. The zero-order valence-corrected chi connectivity index (χ0v) is 65.9. The van der Waals surface area contributed by atoms with Gasteiger partial charge in [0.25, 0.3) is 0 Å². The van der Waals surface area contributed by atoms with Crippen molar-refractivity contribution in [3.63, 3.8) is 0 Å². The van der Waals surface area contributed by atoms with Crippen LogP contribution >= 0.6 is 15.6 Å². The normalized spacial score (nSPS) is 14.9. The summed E-state index contributed by atoms with van der Waals surface area (Å²) in [7, 11) is -10.0. The average Bonchev–Trinajstić information content (AvgIpc) is 0.918. The highest BCUT2D eigenvalue weighted by Crippen LogP contribution is 2.45. The van der Waals surface area contributed by atoms with Gasteiger partial charge in [-0.1, -0.05) is 274 Å². The van der Waals surface area contributed by atoms with Crippen molar-refractivity contribution in [3.8, 4) is 0 Å². The van der Waals surface area contributed by atoms with E-state index in [9.17, 15) is 43.2 Å². The molecular formula is C85H136O17P2. The number of hydrogen-bond acceptors (Lipinski definition) is 15. The molecule has 0 radical (unpaired) electrons. The Bertz CT molecular complexity index is 2690. The van der Waals surface area contributed by atoms with Gasteiger partial charge in [0.05, 0.1) is 32.8 Å². The number of unbranched alkanes of at least 4 members (excludes halogenated alkanes) is 16. The van der Waals surface area contributed by atoms with Crippen molar-refractivity contribution in [1.29, 1.82) is 0 Å². The number of aliphatic hydroxyl groups excluding tert-OH is 1. The first-order valence-corrected chi connectivity index (χ1v) is 42.0. The minimum absolute atomic E-state index is 0.00905. The maximum absolute atomic E-state index is 13.1. The molecule has 0 rings (SSSR count). The van der Waals surface area contributed by atoms with E-state index in [4.69, 9.17) is 37.0 Å². The second-order valence-electron chi connectivity index (χ2n) is 25.2. The molecule has 0 spiro atoms. The molecule has 0 aliphatic rings. The Balaban J connectivity index is 5.53. The Morgan fingerprint density at radius 2 is 0.558 bits per heavy atom. The van der Waals surface area contributed by atoms with E-state index >= 15 is 0 Å². The van der Waals surface area contributed by atoms with Crippen LogP contribution in [0.3, 0.4) is 0 Å². The third-order valence-corrected chi connectivity index (χ3v) is 17.3. The molecule has 0 aromatic rings. The van der Waals surface area contributed by atoms with E-state index in [2.05, 4.69) is 167 Å². The summed E-state index contributed by atoms with van der Waals surface area (Å²) < 4.78 is 68.3. The summed E-state index contributed by atoms with van der Waals surface area (Å²) in [6.07, 6.45) is 90.7. The molecule has 3 N–H and O–H groups in total. The van der Waals surface area contributed by atoms with E-state index < -0.39 is 97.5 Å². The monoisotopic (exact) mass is 1490 g/mol. The maximum atomic E-state index is 13.1. The fraction of sp³-hybridized carbons (Fsp3) is 0.600. The zero-order chi connectivity index (χ0) is 76.0. The number of rotatable bonds is 71. The lowest BCUT2D eigenvalue weighted by Gasteiger charge is -2.21. The second kappa shape index (κ2) is 75.4. The van der Waals surface area contributed by atoms with Crippen molar-refractivity contribution >= 4 is 39.5 Å². The summed E-state index contributed by atoms with van der Waals surface area (Å²) in [5.74, 6) is -2.47. The van der Waals surface area contributed by atoms with E-state index in [1.54, 1.807) is 12.2 Å². The highest BCUT2D eigenvalue weighted by molar-refractivity contribution is 7.47. The molecule has 0 saturated carbocycles. The van der Waals surface area contributed by atoms with Gasteiger partial charge >= 0.3 is 39.5 Å². The molecule has 0 saturated heterocycles. The van der Waals surface area contributed by atoms with Gasteiger partial charge in [-0.15, -0.1) is 0 Å². The minimum atomic E-state index is -5.03. The largest absolute Gasteiger partial charge is 0.472 e. The van der Waals surface area contributed by atoms with Gasteiger partial charge in [-0.2, -0.15) is 0 Å². The van der Waals surface area contributed by atoms with E-state index in [1.165, 1.54) is 38.5 Å². The van der Waals surface area contributed by atoms with Crippen LogP contribution in [0, 0.1) is 0 Å². The Labute approximate surface area is 628 Å². The van der Waals surface area contributed by atoms with Gasteiger partial charge in [0.1, 0.15) is 19.3 Å². The lowest BCUT2D eigenvalue weighted by molar-refractivity contribution is -0.161. The molecule has 5 unspecified atom stereocenters. The third kappa shape index (κ3) is 74.4. The number of carbonyl (C=O) groups excluding carboxylic acids is 4. The van der Waals surface area contributed by atoms with Gasteiger partial charge < -0.3 is 33.8 Å². The van der Waals surface area contributed by atoms with Crippen LogP contribution in [-0.4, -0.2) is 96.7 Å². The Morgan fingerprint density at radius 1 is 0.288 bits per heavy atom. The predicted molar refractivity (Wildman–Crippen MR) is 426 cm³/mol. The lowest BCUT2D eigenvalue weighted by atomic mass is 10.1. The molecule has 0 amide bonds. The highest BCUT2D eigenvalue weighted by Gasteiger charge is 2.30. The molecule has 104 heavy (non-hydrogen) atoms. The van der Waals surface area contributed by atoms with Crippen molar-refractivity contribution < 1.29 is 80.2 Å². The quantitative estimate of drug-likeness (QED) is 0.0169. The van der Waals surface area contributed by atoms with Crippen LogP contribution in [0.2, 0.25) is 0 Å². The number of ether oxygens (including phenoxy) is 4. The van der Waals surface area contributed by atoms with Crippen LogP contribution in [0.5, 0.6) is 0 Å². The van der Waals surface area contributed by atoms with Crippen LogP contribution in [0.4, 0.5) is 0 Å². The van der Waals surface area contributed by atoms with Crippen molar-refractivity contribution in [3.05, 3.63) is 182 Å². The van der Waals surface area contributed by atoms with Crippen molar-refractivity contribution in [2.75, 3.05) is 39.6 Å². The number of phosphoric acid groups is 2. The summed E-state index contributed by atoms with van der Waals surface area (Å²) in [6.45, 7) is 4.33. The molecule has 0 aliphatic heterocycles. The predicted octanol–water partition coefficient (Wildman–Crippen LogP) is 22.8. The van der Waals surface area contributed by atoms with E-state index in [1.807, 2.05) is 30.4 Å². The highest BCUT2D eigenvalue weighted by atomic mass is 31.2. The molecular weight excluding hydrogens is 1350 g/mol. The summed E-state index contributed by atoms with van der Waals surface area (Å²) in [5.41, 5.74) is 0. The molecule has 0 bridgehead atoms. The summed E-state index contributed by atoms with van der Waals surface area (Å²) in [5, 5.41) is 10.6. The number of phosphoric ester groups is 2. The van der Waals surface area contributed by atoms with E-state index in [0.29, 0.717) is 32.1 Å². The van der Waals surface area contributed by atoms with Crippen molar-refractivity contribution in [2.45, 2.75) is 290 Å². The average molecular weight is 1490 g/mol. The number of esters is 4. The topological polar surface area (TPSA) is 237 Å². The molecule has 0 aromatic heterocycles. The van der Waals surface area contributed by atoms with Crippen LogP contribution in [0.1, 0.15) is 272 Å². The summed E-state index contributed by atoms with van der Waals surface area (Å²) in [4.78, 5) is 72.9. The fourth-order valence-electron chi connectivity index (χ4n) is 9.50. The SMILES string of the molecule is CC/C=C\C/C=C\C/C=C\C/C=C\C/C=C\C/C=C\CCC(=O)OCC(COP(=O)(O)OCC(O)COP(=O)(O)OCC(COC(=O)CCCCCCC/C=C\C/C=C\CCCCC)OC(=O)CCCCCCC/C=C\C/C=C\CCCCC)OC(=O)C/C=C\C/C=C\C/C=C\C/C=C\C/C=C\CC. The first kappa shape index (κ1) is 98.2. The van der Waals surface area contributed by atoms with Crippen LogP contribution < -0.4 is 0 Å². The molecule has 0 heterocycles. The van der Waals surface area contributed by atoms with Gasteiger partial charge in [0.2, 0.25) is 0 Å².